The van der Waals surface area contributed by atoms with E-state index in [0.717, 1.165) is 4.48 Å². The van der Waals surface area contributed by atoms with Gasteiger partial charge in [-0.1, -0.05) is 22.5 Å². The Bertz CT molecular complexity index is 209. The highest BCUT2D eigenvalue weighted by atomic mass is 79.9. The van der Waals surface area contributed by atoms with Gasteiger partial charge in [-0.15, -0.1) is 0 Å². The van der Waals surface area contributed by atoms with Crippen molar-refractivity contribution in [3.05, 3.63) is 11.1 Å². The lowest BCUT2D eigenvalue weighted by Crippen LogP contribution is -2.27. The van der Waals surface area contributed by atoms with Gasteiger partial charge in [0, 0.05) is 17.6 Å². The van der Waals surface area contributed by atoms with E-state index in [1.807, 2.05) is 20.8 Å². The first kappa shape index (κ1) is 13.7. The normalized spacial score (nSPS) is 11.1. The van der Waals surface area contributed by atoms with Crippen molar-refractivity contribution in [2.75, 3.05) is 13.1 Å². The average Bonchev–Trinajstić information content (AvgIpc) is 1.94. The number of esters is 1. The molecule has 0 atom stereocenters. The van der Waals surface area contributed by atoms with Crippen molar-refractivity contribution in [2.45, 2.75) is 32.8 Å². The van der Waals surface area contributed by atoms with Gasteiger partial charge in [0.05, 0.1) is 6.42 Å². The standard InChI is InChI=1S/C10H18BrNO2/c1-8(11)7-12-6-5-9(13)14-10(2,3)4/h12H,1,5-7H2,2-4H3. The molecule has 0 saturated heterocycles. The lowest BCUT2D eigenvalue weighted by atomic mass is 10.2. The number of hydrogen-bond donors (Lipinski definition) is 1. The van der Waals surface area contributed by atoms with Gasteiger partial charge in [0.25, 0.3) is 0 Å². The Hall–Kier alpha value is -0.350. The number of hydrogen-bond acceptors (Lipinski definition) is 3. The summed E-state index contributed by atoms with van der Waals surface area (Å²) in [5.74, 6) is -0.176. The summed E-state index contributed by atoms with van der Waals surface area (Å²) in [6.45, 7) is 10.5. The molecule has 0 bridgehead atoms. The monoisotopic (exact) mass is 263 g/mol. The molecule has 0 aromatic carbocycles. The van der Waals surface area contributed by atoms with E-state index in [9.17, 15) is 4.79 Å². The van der Waals surface area contributed by atoms with Gasteiger partial charge < -0.3 is 10.1 Å². The molecule has 0 unspecified atom stereocenters. The van der Waals surface area contributed by atoms with Gasteiger partial charge in [-0.25, -0.2) is 0 Å². The molecule has 0 rings (SSSR count). The average molecular weight is 264 g/mol. The lowest BCUT2D eigenvalue weighted by Gasteiger charge is -2.19. The largest absolute Gasteiger partial charge is 0.460 e. The zero-order valence-electron chi connectivity index (χ0n) is 9.02. The number of carbonyl (C=O) groups is 1. The molecule has 0 aliphatic rings. The Morgan fingerprint density at radius 3 is 2.50 bits per heavy atom. The number of rotatable bonds is 5. The SMILES string of the molecule is C=C(Br)CNCCC(=O)OC(C)(C)C. The number of ether oxygens (including phenoxy) is 1. The van der Waals surface area contributed by atoms with Crippen LogP contribution in [0.1, 0.15) is 27.2 Å². The maximum Gasteiger partial charge on any atom is 0.307 e. The van der Waals surface area contributed by atoms with Crippen molar-refractivity contribution < 1.29 is 9.53 Å². The van der Waals surface area contributed by atoms with Crippen LogP contribution in [0.3, 0.4) is 0 Å². The Morgan fingerprint density at radius 1 is 1.50 bits per heavy atom. The predicted molar refractivity (Wildman–Crippen MR) is 61.4 cm³/mol. The van der Waals surface area contributed by atoms with Gasteiger partial charge in [0.1, 0.15) is 5.60 Å². The molecule has 0 aliphatic carbocycles. The van der Waals surface area contributed by atoms with Crippen LogP contribution in [0, 0.1) is 0 Å². The van der Waals surface area contributed by atoms with Gasteiger partial charge in [-0.05, 0) is 20.8 Å². The van der Waals surface area contributed by atoms with Crippen LogP contribution in [0.4, 0.5) is 0 Å². The van der Waals surface area contributed by atoms with E-state index in [2.05, 4.69) is 27.8 Å². The minimum absolute atomic E-state index is 0.176. The maximum absolute atomic E-state index is 11.2. The molecule has 0 aromatic heterocycles. The first-order valence-electron chi connectivity index (χ1n) is 4.57. The fraction of sp³-hybridized carbons (Fsp3) is 0.700. The molecule has 0 spiro atoms. The summed E-state index contributed by atoms with van der Waals surface area (Å²) in [4.78, 5) is 11.2. The summed E-state index contributed by atoms with van der Waals surface area (Å²) in [5, 5.41) is 3.05. The molecular formula is C10H18BrNO2. The quantitative estimate of drug-likeness (QED) is 0.611. The van der Waals surface area contributed by atoms with Crippen LogP contribution in [-0.4, -0.2) is 24.7 Å². The first-order chi connectivity index (χ1) is 6.31. The zero-order valence-corrected chi connectivity index (χ0v) is 10.6. The van der Waals surface area contributed by atoms with Gasteiger partial charge >= 0.3 is 5.97 Å². The van der Waals surface area contributed by atoms with Crippen molar-refractivity contribution in [3.63, 3.8) is 0 Å². The molecule has 82 valence electrons. The van der Waals surface area contributed by atoms with Crippen molar-refractivity contribution in [3.8, 4) is 0 Å². The first-order valence-corrected chi connectivity index (χ1v) is 5.36. The molecule has 0 fully saturated rings. The lowest BCUT2D eigenvalue weighted by molar-refractivity contribution is -0.154. The van der Waals surface area contributed by atoms with Crippen LogP contribution in [0.15, 0.2) is 11.1 Å². The Kier molecular flexibility index (Phi) is 6.04. The van der Waals surface area contributed by atoms with Gasteiger partial charge in [-0.2, -0.15) is 0 Å². The Morgan fingerprint density at radius 2 is 2.07 bits per heavy atom. The van der Waals surface area contributed by atoms with Crippen LogP contribution < -0.4 is 5.32 Å². The van der Waals surface area contributed by atoms with Gasteiger partial charge in [0.2, 0.25) is 0 Å². The van der Waals surface area contributed by atoms with E-state index in [-0.39, 0.29) is 5.97 Å². The third-order valence-corrected chi connectivity index (χ3v) is 1.52. The molecule has 1 N–H and O–H groups in total. The molecule has 3 nitrogen and oxygen atoms in total. The highest BCUT2D eigenvalue weighted by molar-refractivity contribution is 9.11. The molecule has 0 aromatic rings. The summed E-state index contributed by atoms with van der Waals surface area (Å²) >= 11 is 3.22. The molecule has 0 aliphatic heterocycles. The Labute approximate surface area is 94.0 Å². The van der Waals surface area contributed by atoms with Gasteiger partial charge in [-0.3, -0.25) is 4.79 Å². The molecule has 4 heteroatoms. The summed E-state index contributed by atoms with van der Waals surface area (Å²) in [6.07, 6.45) is 0.386. The van der Waals surface area contributed by atoms with E-state index >= 15 is 0 Å². The van der Waals surface area contributed by atoms with E-state index < -0.39 is 5.60 Å². The van der Waals surface area contributed by atoms with Crippen LogP contribution in [-0.2, 0) is 9.53 Å². The van der Waals surface area contributed by atoms with Gasteiger partial charge in [0.15, 0.2) is 0 Å². The van der Waals surface area contributed by atoms with E-state index in [4.69, 9.17) is 4.74 Å². The minimum atomic E-state index is -0.393. The van der Waals surface area contributed by atoms with E-state index in [1.165, 1.54) is 0 Å². The smallest absolute Gasteiger partial charge is 0.307 e. The molecule has 0 saturated carbocycles. The summed E-state index contributed by atoms with van der Waals surface area (Å²) < 4.78 is 6.01. The van der Waals surface area contributed by atoms with Crippen LogP contribution >= 0.6 is 15.9 Å². The Balaban J connectivity index is 3.50. The fourth-order valence-electron chi connectivity index (χ4n) is 0.807. The molecule has 14 heavy (non-hydrogen) atoms. The highest BCUT2D eigenvalue weighted by Gasteiger charge is 2.15. The second-order valence-electron chi connectivity index (χ2n) is 4.03. The van der Waals surface area contributed by atoms with Crippen molar-refractivity contribution in [2.24, 2.45) is 0 Å². The predicted octanol–water partition coefficient (Wildman–Crippen LogP) is 2.22. The van der Waals surface area contributed by atoms with Crippen molar-refractivity contribution >= 4 is 21.9 Å². The van der Waals surface area contributed by atoms with E-state index in [0.29, 0.717) is 19.5 Å². The van der Waals surface area contributed by atoms with Crippen LogP contribution in [0.5, 0.6) is 0 Å². The fourth-order valence-corrected chi connectivity index (χ4v) is 1.01. The van der Waals surface area contributed by atoms with E-state index in [1.54, 1.807) is 0 Å². The topological polar surface area (TPSA) is 38.3 Å². The number of nitrogens with one attached hydrogen (secondary N) is 1. The third kappa shape index (κ3) is 9.74. The second-order valence-corrected chi connectivity index (χ2v) is 5.15. The van der Waals surface area contributed by atoms with Crippen molar-refractivity contribution in [1.29, 1.82) is 0 Å². The van der Waals surface area contributed by atoms with Crippen molar-refractivity contribution in [1.82, 2.24) is 5.32 Å². The minimum Gasteiger partial charge on any atom is -0.460 e. The van der Waals surface area contributed by atoms with Crippen LogP contribution in [0.25, 0.3) is 0 Å². The third-order valence-electron chi connectivity index (χ3n) is 1.24. The molecule has 0 amide bonds. The zero-order chi connectivity index (χ0) is 11.2. The number of carbonyl (C=O) groups excluding carboxylic acids is 1. The number of halogens is 1. The maximum atomic E-state index is 11.2. The molecule has 0 radical (unpaired) electrons. The van der Waals surface area contributed by atoms with Crippen LogP contribution in [0.2, 0.25) is 0 Å². The summed E-state index contributed by atoms with van der Waals surface area (Å²) in [5.41, 5.74) is -0.393. The highest BCUT2D eigenvalue weighted by Crippen LogP contribution is 2.07. The molecule has 0 heterocycles. The second kappa shape index (κ2) is 6.19. The summed E-state index contributed by atoms with van der Waals surface area (Å²) in [6, 6.07) is 0. The summed E-state index contributed by atoms with van der Waals surface area (Å²) in [7, 11) is 0. The molecular weight excluding hydrogens is 246 g/mol.